The minimum atomic E-state index is -0.198. The van der Waals surface area contributed by atoms with Gasteiger partial charge in [-0.2, -0.15) is 0 Å². The molecule has 0 heterocycles. The molecule has 3 nitrogen and oxygen atoms in total. The van der Waals surface area contributed by atoms with Gasteiger partial charge in [-0.1, -0.05) is 30.9 Å². The maximum Gasteiger partial charge on any atom is 0.316 e. The summed E-state index contributed by atoms with van der Waals surface area (Å²) in [5, 5.41) is 0. The van der Waals surface area contributed by atoms with E-state index in [1.165, 1.54) is 11.8 Å². The highest BCUT2D eigenvalue weighted by atomic mass is 32.2. The summed E-state index contributed by atoms with van der Waals surface area (Å²) in [5.41, 5.74) is 0. The van der Waals surface area contributed by atoms with Crippen LogP contribution in [0.15, 0.2) is 0 Å². The molecular formula is C8H15NO2S2. The van der Waals surface area contributed by atoms with Crippen LogP contribution in [0.4, 0.5) is 0 Å². The number of nitrogens with zero attached hydrogens (tertiary/aromatic N) is 1. The molecule has 0 N–H and O–H groups in total. The second-order valence-corrected chi connectivity index (χ2v) is 4.28. The van der Waals surface area contributed by atoms with Crippen molar-refractivity contribution in [2.24, 2.45) is 0 Å². The monoisotopic (exact) mass is 221 g/mol. The van der Waals surface area contributed by atoms with Crippen molar-refractivity contribution in [3.63, 3.8) is 0 Å². The van der Waals surface area contributed by atoms with E-state index in [1.807, 2.05) is 21.0 Å². The fourth-order valence-corrected chi connectivity index (χ4v) is 1.27. The number of hydrogen-bond acceptors (Lipinski definition) is 4. The molecule has 0 atom stereocenters. The lowest BCUT2D eigenvalue weighted by atomic mass is 10.5. The van der Waals surface area contributed by atoms with Crippen LogP contribution < -0.4 is 0 Å². The number of esters is 1. The minimum absolute atomic E-state index is 0.198. The van der Waals surface area contributed by atoms with Gasteiger partial charge in [0.25, 0.3) is 0 Å². The van der Waals surface area contributed by atoms with Crippen molar-refractivity contribution in [2.75, 3.05) is 26.5 Å². The minimum Gasteiger partial charge on any atom is -0.465 e. The number of thiocarbonyl (C=S) groups is 1. The van der Waals surface area contributed by atoms with Crippen LogP contribution in [-0.4, -0.2) is 41.6 Å². The standard InChI is InChI=1S/C8H15NO2S2/c1-4-5-11-7(10)6-13-8(12)9(2)3/h4-6H2,1-3H3. The molecule has 0 aliphatic rings. The number of carbonyl (C=O) groups is 1. The predicted molar refractivity (Wildman–Crippen MR) is 60.0 cm³/mol. The van der Waals surface area contributed by atoms with Gasteiger partial charge in [-0.25, -0.2) is 0 Å². The Labute approximate surface area is 88.8 Å². The summed E-state index contributed by atoms with van der Waals surface area (Å²) in [6, 6.07) is 0. The molecule has 0 spiro atoms. The van der Waals surface area contributed by atoms with Gasteiger partial charge in [0, 0.05) is 14.1 Å². The van der Waals surface area contributed by atoms with Crippen LogP contribution in [0, 0.1) is 0 Å². The van der Waals surface area contributed by atoms with Crippen LogP contribution in [0.1, 0.15) is 13.3 Å². The zero-order valence-electron chi connectivity index (χ0n) is 8.20. The van der Waals surface area contributed by atoms with Crippen molar-refractivity contribution in [3.05, 3.63) is 0 Å². The molecule has 5 heteroatoms. The maximum absolute atomic E-state index is 11.0. The summed E-state index contributed by atoms with van der Waals surface area (Å²) in [7, 11) is 3.71. The molecule has 76 valence electrons. The second-order valence-electron chi connectivity index (χ2n) is 2.67. The smallest absolute Gasteiger partial charge is 0.316 e. The highest BCUT2D eigenvalue weighted by Crippen LogP contribution is 2.06. The third-order valence-corrected chi connectivity index (χ3v) is 2.86. The van der Waals surface area contributed by atoms with Crippen LogP contribution in [0.2, 0.25) is 0 Å². The van der Waals surface area contributed by atoms with Gasteiger partial charge in [0.05, 0.1) is 12.4 Å². The molecule has 0 saturated carbocycles. The zero-order valence-corrected chi connectivity index (χ0v) is 9.83. The molecule has 13 heavy (non-hydrogen) atoms. The van der Waals surface area contributed by atoms with E-state index in [2.05, 4.69) is 0 Å². The van der Waals surface area contributed by atoms with Crippen LogP contribution >= 0.6 is 24.0 Å². The Bertz CT molecular complexity index is 183. The van der Waals surface area contributed by atoms with E-state index in [1.54, 1.807) is 4.90 Å². The van der Waals surface area contributed by atoms with E-state index in [0.717, 1.165) is 6.42 Å². The Hall–Kier alpha value is -0.290. The van der Waals surface area contributed by atoms with E-state index in [0.29, 0.717) is 16.7 Å². The molecule has 0 aliphatic carbocycles. The molecular weight excluding hydrogens is 206 g/mol. The molecule has 0 unspecified atom stereocenters. The van der Waals surface area contributed by atoms with Gasteiger partial charge in [0.2, 0.25) is 0 Å². The molecule has 0 aromatic heterocycles. The van der Waals surface area contributed by atoms with Gasteiger partial charge in [0.1, 0.15) is 4.32 Å². The topological polar surface area (TPSA) is 29.5 Å². The van der Waals surface area contributed by atoms with Crippen molar-refractivity contribution in [2.45, 2.75) is 13.3 Å². The van der Waals surface area contributed by atoms with Gasteiger partial charge in [0.15, 0.2) is 0 Å². The first-order valence-corrected chi connectivity index (χ1v) is 5.47. The molecule has 0 bridgehead atoms. The number of hydrogen-bond donors (Lipinski definition) is 0. The van der Waals surface area contributed by atoms with Crippen LogP contribution in [0.5, 0.6) is 0 Å². The summed E-state index contributed by atoms with van der Waals surface area (Å²) in [4.78, 5) is 12.8. The van der Waals surface area contributed by atoms with Crippen molar-refractivity contribution < 1.29 is 9.53 Å². The van der Waals surface area contributed by atoms with Gasteiger partial charge in [-0.3, -0.25) is 4.79 Å². The van der Waals surface area contributed by atoms with Gasteiger partial charge in [-0.05, 0) is 6.42 Å². The molecule has 0 rings (SSSR count). The van der Waals surface area contributed by atoms with Crippen molar-refractivity contribution in [3.8, 4) is 0 Å². The molecule has 0 aliphatic heterocycles. The summed E-state index contributed by atoms with van der Waals surface area (Å²) in [6.45, 7) is 2.46. The van der Waals surface area contributed by atoms with E-state index in [4.69, 9.17) is 17.0 Å². The lowest BCUT2D eigenvalue weighted by molar-refractivity contribution is -0.140. The van der Waals surface area contributed by atoms with Crippen molar-refractivity contribution >= 4 is 34.3 Å². The highest BCUT2D eigenvalue weighted by molar-refractivity contribution is 8.23. The summed E-state index contributed by atoms with van der Waals surface area (Å²) >= 11 is 6.32. The van der Waals surface area contributed by atoms with E-state index in [-0.39, 0.29) is 5.97 Å². The fraction of sp³-hybridized carbons (Fsp3) is 0.750. The first-order valence-electron chi connectivity index (χ1n) is 4.07. The Morgan fingerprint density at radius 1 is 1.54 bits per heavy atom. The van der Waals surface area contributed by atoms with Gasteiger partial charge >= 0.3 is 5.97 Å². The van der Waals surface area contributed by atoms with Crippen LogP contribution in [-0.2, 0) is 9.53 Å². The van der Waals surface area contributed by atoms with E-state index < -0.39 is 0 Å². The summed E-state index contributed by atoms with van der Waals surface area (Å²) in [6.07, 6.45) is 0.856. The number of carbonyl (C=O) groups excluding carboxylic acids is 1. The Morgan fingerprint density at radius 2 is 2.15 bits per heavy atom. The quantitative estimate of drug-likeness (QED) is 0.530. The predicted octanol–water partition coefficient (Wildman–Crippen LogP) is 1.52. The van der Waals surface area contributed by atoms with Gasteiger partial charge < -0.3 is 9.64 Å². The summed E-state index contributed by atoms with van der Waals surface area (Å²) in [5.74, 6) is 0.104. The third kappa shape index (κ3) is 6.83. The average molecular weight is 221 g/mol. The second kappa shape index (κ2) is 7.15. The van der Waals surface area contributed by atoms with Crippen LogP contribution in [0.25, 0.3) is 0 Å². The normalized spacial score (nSPS) is 9.46. The lowest BCUT2D eigenvalue weighted by Gasteiger charge is -2.11. The zero-order chi connectivity index (χ0) is 10.3. The van der Waals surface area contributed by atoms with E-state index in [9.17, 15) is 4.79 Å². The first kappa shape index (κ1) is 12.7. The maximum atomic E-state index is 11.0. The fourth-order valence-electron chi connectivity index (χ4n) is 0.507. The van der Waals surface area contributed by atoms with E-state index >= 15 is 0 Å². The Morgan fingerprint density at radius 3 is 2.62 bits per heavy atom. The highest BCUT2D eigenvalue weighted by Gasteiger charge is 2.06. The summed E-state index contributed by atoms with van der Waals surface area (Å²) < 4.78 is 5.59. The SMILES string of the molecule is CCCOC(=O)CSC(=S)N(C)C. The third-order valence-electron chi connectivity index (χ3n) is 1.15. The molecule has 0 radical (unpaired) electrons. The number of ether oxygens (including phenoxy) is 1. The lowest BCUT2D eigenvalue weighted by Crippen LogP contribution is -2.18. The first-order chi connectivity index (χ1) is 6.07. The number of rotatable bonds is 4. The van der Waals surface area contributed by atoms with Gasteiger partial charge in [-0.15, -0.1) is 0 Å². The average Bonchev–Trinajstić information content (AvgIpc) is 2.10. The van der Waals surface area contributed by atoms with Crippen molar-refractivity contribution in [1.82, 2.24) is 4.90 Å². The number of thioether (sulfide) groups is 1. The largest absolute Gasteiger partial charge is 0.465 e. The van der Waals surface area contributed by atoms with Crippen LogP contribution in [0.3, 0.4) is 0 Å². The Balaban J connectivity index is 3.52. The molecule has 0 aromatic rings. The molecule has 0 amide bonds. The molecule has 0 aromatic carbocycles. The molecule has 0 saturated heterocycles. The Kier molecular flexibility index (Phi) is 6.99. The van der Waals surface area contributed by atoms with Crippen molar-refractivity contribution in [1.29, 1.82) is 0 Å². The molecule has 0 fully saturated rings.